The number of nitrogens with zero attached hydrogens (tertiary/aromatic N) is 1. The van der Waals surface area contributed by atoms with E-state index in [1.54, 1.807) is 6.92 Å². The highest BCUT2D eigenvalue weighted by Gasteiger charge is 2.33. The number of nitrogens with one attached hydrogen (secondary N) is 1. The van der Waals surface area contributed by atoms with E-state index in [0.717, 1.165) is 49.9 Å². The Morgan fingerprint density at radius 3 is 2.59 bits per heavy atom. The molecule has 1 amide bonds. The van der Waals surface area contributed by atoms with Crippen molar-refractivity contribution in [3.8, 4) is 0 Å². The summed E-state index contributed by atoms with van der Waals surface area (Å²) in [6.07, 6.45) is 6.15. The smallest absolute Gasteiger partial charge is 0.310 e. The third kappa shape index (κ3) is 6.92. The highest BCUT2D eigenvalue weighted by atomic mass is 16.5. The molecule has 1 saturated heterocycles. The summed E-state index contributed by atoms with van der Waals surface area (Å²) >= 11 is 0. The topological polar surface area (TPSA) is 58.6 Å². The summed E-state index contributed by atoms with van der Waals surface area (Å²) in [5.74, 6) is -0.369. The van der Waals surface area contributed by atoms with Gasteiger partial charge in [-0.15, -0.1) is 0 Å². The fraction of sp³-hybridized carbons (Fsp3) is 0.517. The Kier molecular flexibility index (Phi) is 9.28. The van der Waals surface area contributed by atoms with Crippen LogP contribution in [-0.4, -0.2) is 43.0 Å². The molecule has 0 bridgehead atoms. The largest absolute Gasteiger partial charge is 0.469 e. The number of methoxy groups -OCH3 is 1. The molecule has 0 aliphatic carbocycles. The van der Waals surface area contributed by atoms with Crippen LogP contribution in [0, 0.1) is 5.92 Å². The fourth-order valence-electron chi connectivity index (χ4n) is 5.35. The lowest BCUT2D eigenvalue weighted by Gasteiger charge is -2.41. The number of carbonyl (C=O) groups is 2. The van der Waals surface area contributed by atoms with E-state index in [1.165, 1.54) is 12.7 Å². The van der Waals surface area contributed by atoms with E-state index in [9.17, 15) is 9.59 Å². The molecule has 0 saturated carbocycles. The molecule has 3 unspecified atom stereocenters. The maximum absolute atomic E-state index is 12.7. The van der Waals surface area contributed by atoms with Gasteiger partial charge in [0.05, 0.1) is 13.0 Å². The van der Waals surface area contributed by atoms with Crippen LogP contribution >= 0.6 is 0 Å². The van der Waals surface area contributed by atoms with Gasteiger partial charge in [-0.05, 0) is 67.3 Å². The molecule has 34 heavy (non-hydrogen) atoms. The zero-order chi connectivity index (χ0) is 24.6. The fourth-order valence-corrected chi connectivity index (χ4v) is 5.35. The predicted octanol–water partition coefficient (Wildman–Crippen LogP) is 5.59. The predicted molar refractivity (Wildman–Crippen MR) is 138 cm³/mol. The second-order valence-electron chi connectivity index (χ2n) is 9.93. The van der Waals surface area contributed by atoms with E-state index in [1.807, 2.05) is 30.3 Å². The van der Waals surface area contributed by atoms with Crippen LogP contribution in [0.2, 0.25) is 0 Å². The quantitative estimate of drug-likeness (QED) is 0.518. The lowest BCUT2D eigenvalue weighted by atomic mass is 9.73. The van der Waals surface area contributed by atoms with Gasteiger partial charge < -0.3 is 10.1 Å². The number of rotatable bonds is 8. The van der Waals surface area contributed by atoms with Crippen molar-refractivity contribution in [2.75, 3.05) is 25.5 Å². The molecule has 5 nitrogen and oxygen atoms in total. The van der Waals surface area contributed by atoms with Gasteiger partial charge in [-0.1, -0.05) is 62.7 Å². The first-order valence-corrected chi connectivity index (χ1v) is 12.6. The number of esters is 1. The summed E-state index contributed by atoms with van der Waals surface area (Å²) in [6, 6.07) is 19.0. The van der Waals surface area contributed by atoms with Gasteiger partial charge in [-0.2, -0.15) is 0 Å². The number of carbonyl (C=O) groups excluding carboxylic acids is 2. The first-order chi connectivity index (χ1) is 16.3. The molecule has 3 atom stereocenters. The Hall–Kier alpha value is -2.66. The molecule has 1 fully saturated rings. The van der Waals surface area contributed by atoms with Crippen molar-refractivity contribution in [1.29, 1.82) is 0 Å². The molecule has 1 N–H and O–H groups in total. The van der Waals surface area contributed by atoms with Crippen LogP contribution in [0.1, 0.15) is 64.0 Å². The summed E-state index contributed by atoms with van der Waals surface area (Å²) < 4.78 is 5.21. The minimum atomic E-state index is -0.185. The summed E-state index contributed by atoms with van der Waals surface area (Å²) in [5.41, 5.74) is 3.30. The van der Waals surface area contributed by atoms with Crippen LogP contribution in [0.5, 0.6) is 0 Å². The van der Waals surface area contributed by atoms with Gasteiger partial charge in [-0.25, -0.2) is 0 Å². The summed E-state index contributed by atoms with van der Waals surface area (Å²) in [4.78, 5) is 26.8. The highest BCUT2D eigenvalue weighted by Crippen LogP contribution is 2.37. The Bertz CT molecular complexity index is 945. The number of ether oxygens (including phenoxy) is 1. The van der Waals surface area contributed by atoms with Crippen molar-refractivity contribution in [3.05, 3.63) is 65.7 Å². The molecule has 0 spiro atoms. The average Bonchev–Trinajstić information content (AvgIpc) is 2.83. The molecule has 2 aromatic rings. The summed E-state index contributed by atoms with van der Waals surface area (Å²) in [5, 5.41) is 2.92. The second-order valence-corrected chi connectivity index (χ2v) is 9.93. The molecule has 1 heterocycles. The van der Waals surface area contributed by atoms with E-state index >= 15 is 0 Å². The van der Waals surface area contributed by atoms with Gasteiger partial charge in [0, 0.05) is 25.2 Å². The Balaban J connectivity index is 1.79. The molecule has 184 valence electrons. The number of anilines is 1. The third-order valence-electron chi connectivity index (χ3n) is 7.40. The van der Waals surface area contributed by atoms with Gasteiger partial charge in [0.2, 0.25) is 5.91 Å². The van der Waals surface area contributed by atoms with Crippen molar-refractivity contribution in [3.63, 3.8) is 0 Å². The van der Waals surface area contributed by atoms with Gasteiger partial charge in [0.1, 0.15) is 0 Å². The maximum atomic E-state index is 12.7. The number of benzene rings is 2. The average molecular weight is 465 g/mol. The molecular formula is C29H40N2O3. The van der Waals surface area contributed by atoms with Crippen molar-refractivity contribution in [2.24, 2.45) is 5.92 Å². The first kappa shape index (κ1) is 26.0. The molecule has 2 aromatic carbocycles. The minimum Gasteiger partial charge on any atom is -0.469 e. The number of amides is 1. The zero-order valence-electron chi connectivity index (χ0n) is 21.2. The Morgan fingerprint density at radius 1 is 1.15 bits per heavy atom. The van der Waals surface area contributed by atoms with E-state index in [4.69, 9.17) is 4.74 Å². The summed E-state index contributed by atoms with van der Waals surface area (Å²) in [6.45, 7) is 7.77. The molecule has 1 aliphatic heterocycles. The van der Waals surface area contributed by atoms with Crippen molar-refractivity contribution >= 4 is 17.6 Å². The van der Waals surface area contributed by atoms with E-state index < -0.39 is 0 Å². The molecule has 0 aromatic heterocycles. The normalized spacial score (nSPS) is 22.3. The van der Waals surface area contributed by atoms with Crippen LogP contribution in [0.25, 0.3) is 0 Å². The lowest BCUT2D eigenvalue weighted by molar-refractivity contribution is -0.146. The lowest BCUT2D eigenvalue weighted by Crippen LogP contribution is -2.45. The van der Waals surface area contributed by atoms with Crippen LogP contribution in [0.3, 0.4) is 0 Å². The second kappa shape index (κ2) is 12.2. The molecular weight excluding hydrogens is 424 g/mol. The van der Waals surface area contributed by atoms with Crippen molar-refractivity contribution in [1.82, 2.24) is 4.90 Å². The molecule has 0 radical (unpaired) electrons. The number of hydrogen-bond acceptors (Lipinski definition) is 4. The maximum Gasteiger partial charge on any atom is 0.310 e. The Morgan fingerprint density at radius 2 is 1.91 bits per heavy atom. The first-order valence-electron chi connectivity index (χ1n) is 12.6. The SMILES string of the molecule is CCC1CCCC(C)(c2cccc(NC(C)=O)c2)CCN1CC(Cc1ccccc1)C(=O)OC. The van der Waals surface area contributed by atoms with Crippen LogP contribution in [0.15, 0.2) is 54.6 Å². The molecule has 1 aliphatic rings. The van der Waals surface area contributed by atoms with Gasteiger partial charge >= 0.3 is 5.97 Å². The standard InChI is InChI=1S/C29H40N2O3/c1-5-27-15-10-16-29(3,25-13-9-14-26(20-25)30-22(2)32)17-18-31(27)21-24(28(33)34-4)19-23-11-7-6-8-12-23/h6-9,11-14,20,24,27H,5,10,15-19,21H2,1-4H3,(H,30,32). The summed E-state index contributed by atoms with van der Waals surface area (Å²) in [7, 11) is 1.49. The number of likely N-dealkylation sites (tertiary alicyclic amines) is 1. The van der Waals surface area contributed by atoms with Crippen LogP contribution in [-0.2, 0) is 26.2 Å². The third-order valence-corrected chi connectivity index (χ3v) is 7.40. The van der Waals surface area contributed by atoms with Gasteiger partial charge in [-0.3, -0.25) is 14.5 Å². The van der Waals surface area contributed by atoms with E-state index in [2.05, 4.69) is 48.3 Å². The Labute approximate surface area is 204 Å². The van der Waals surface area contributed by atoms with Crippen LogP contribution < -0.4 is 5.32 Å². The highest BCUT2D eigenvalue weighted by molar-refractivity contribution is 5.88. The van der Waals surface area contributed by atoms with Gasteiger partial charge in [0.15, 0.2) is 0 Å². The molecule has 5 heteroatoms. The molecule has 3 rings (SSSR count). The van der Waals surface area contributed by atoms with Crippen LogP contribution in [0.4, 0.5) is 5.69 Å². The van der Waals surface area contributed by atoms with E-state index in [-0.39, 0.29) is 23.2 Å². The monoisotopic (exact) mass is 464 g/mol. The van der Waals surface area contributed by atoms with Crippen molar-refractivity contribution in [2.45, 2.75) is 70.8 Å². The minimum absolute atomic E-state index is 0.0195. The van der Waals surface area contributed by atoms with Crippen molar-refractivity contribution < 1.29 is 14.3 Å². The zero-order valence-corrected chi connectivity index (χ0v) is 21.2. The van der Waals surface area contributed by atoms with E-state index in [0.29, 0.717) is 19.0 Å². The van der Waals surface area contributed by atoms with Gasteiger partial charge in [0.25, 0.3) is 0 Å². The number of hydrogen-bond donors (Lipinski definition) is 1.